The smallest absolute Gasteiger partial charge is 0.253 e. The fraction of sp³-hybridized carbons (Fsp3) is 0.278. The summed E-state index contributed by atoms with van der Waals surface area (Å²) >= 11 is 2.74. The zero-order chi connectivity index (χ0) is 18.7. The summed E-state index contributed by atoms with van der Waals surface area (Å²) in [6.07, 6.45) is 0. The van der Waals surface area contributed by atoms with Crippen LogP contribution >= 0.6 is 22.7 Å². The molecule has 0 saturated heterocycles. The van der Waals surface area contributed by atoms with Crippen LogP contribution in [-0.4, -0.2) is 31.7 Å². The van der Waals surface area contributed by atoms with Crippen LogP contribution in [0.25, 0.3) is 10.1 Å². The first kappa shape index (κ1) is 19.0. The van der Waals surface area contributed by atoms with Gasteiger partial charge in [-0.25, -0.2) is 8.42 Å². The van der Waals surface area contributed by atoms with E-state index < -0.39 is 10.0 Å². The van der Waals surface area contributed by atoms with Gasteiger partial charge in [0.15, 0.2) is 0 Å². The molecule has 2 aromatic heterocycles. The van der Waals surface area contributed by atoms with Crippen LogP contribution in [0.3, 0.4) is 0 Å². The van der Waals surface area contributed by atoms with Gasteiger partial charge in [-0.15, -0.1) is 22.7 Å². The Morgan fingerprint density at radius 2 is 1.85 bits per heavy atom. The van der Waals surface area contributed by atoms with Crippen molar-refractivity contribution in [3.63, 3.8) is 0 Å². The van der Waals surface area contributed by atoms with Crippen LogP contribution in [0.4, 0.5) is 0 Å². The van der Waals surface area contributed by atoms with Gasteiger partial charge in [0.05, 0.1) is 12.1 Å². The Hall–Kier alpha value is -1.74. The minimum absolute atomic E-state index is 0.149. The summed E-state index contributed by atoms with van der Waals surface area (Å²) in [7, 11) is -3.45. The van der Waals surface area contributed by atoms with Gasteiger partial charge < -0.3 is 5.32 Å². The quantitative estimate of drug-likeness (QED) is 0.644. The minimum Gasteiger partial charge on any atom is -0.347 e. The van der Waals surface area contributed by atoms with E-state index in [1.165, 1.54) is 27.0 Å². The molecular weight excluding hydrogens is 388 g/mol. The van der Waals surface area contributed by atoms with Gasteiger partial charge >= 0.3 is 0 Å². The lowest BCUT2D eigenvalue weighted by Gasteiger charge is -2.16. The molecule has 0 fully saturated rings. The summed E-state index contributed by atoms with van der Waals surface area (Å²) in [5.41, 5.74) is 0.651. The normalized spacial score (nSPS) is 12.0. The van der Waals surface area contributed by atoms with E-state index in [4.69, 9.17) is 0 Å². The standard InChI is InChI=1S/C18H20N2O3S3/c1-3-20(4-2)26(22,23)17-10-9-13(25-17)11-19-18(21)15-12-24-16-8-6-5-7-14(15)16/h5-10,12H,3-4,11H2,1-2H3,(H,19,21). The highest BCUT2D eigenvalue weighted by molar-refractivity contribution is 7.91. The van der Waals surface area contributed by atoms with E-state index in [1.807, 2.05) is 43.5 Å². The highest BCUT2D eigenvalue weighted by atomic mass is 32.2. The number of carbonyl (C=O) groups is 1. The van der Waals surface area contributed by atoms with Crippen molar-refractivity contribution in [1.29, 1.82) is 0 Å². The predicted molar refractivity (Wildman–Crippen MR) is 107 cm³/mol. The number of thiophene rings is 2. The van der Waals surface area contributed by atoms with Gasteiger partial charge in [-0.05, 0) is 18.2 Å². The molecule has 0 radical (unpaired) electrons. The Balaban J connectivity index is 1.71. The molecule has 2 heterocycles. The van der Waals surface area contributed by atoms with Gasteiger partial charge in [0.2, 0.25) is 0 Å². The first-order chi connectivity index (χ1) is 12.5. The minimum atomic E-state index is -3.45. The lowest BCUT2D eigenvalue weighted by atomic mass is 10.1. The van der Waals surface area contributed by atoms with E-state index in [-0.39, 0.29) is 5.91 Å². The van der Waals surface area contributed by atoms with Gasteiger partial charge in [0, 0.05) is 33.4 Å². The monoisotopic (exact) mass is 408 g/mol. The van der Waals surface area contributed by atoms with Gasteiger partial charge in [0.1, 0.15) is 4.21 Å². The molecule has 0 aliphatic rings. The Morgan fingerprint density at radius 1 is 1.12 bits per heavy atom. The Labute approximate surface area is 161 Å². The molecule has 0 unspecified atom stereocenters. The zero-order valence-electron chi connectivity index (χ0n) is 14.6. The maximum atomic E-state index is 12.5. The van der Waals surface area contributed by atoms with Crippen molar-refractivity contribution >= 4 is 48.7 Å². The molecule has 1 aromatic carbocycles. The number of nitrogens with one attached hydrogen (secondary N) is 1. The summed E-state index contributed by atoms with van der Waals surface area (Å²) in [6, 6.07) is 11.1. The molecular formula is C18H20N2O3S3. The van der Waals surface area contributed by atoms with Gasteiger partial charge in [-0.3, -0.25) is 4.79 Å². The van der Waals surface area contributed by atoms with Crippen LogP contribution in [-0.2, 0) is 16.6 Å². The second-order valence-electron chi connectivity index (χ2n) is 5.64. The Morgan fingerprint density at radius 3 is 2.58 bits per heavy atom. The summed E-state index contributed by atoms with van der Waals surface area (Å²) in [4.78, 5) is 13.3. The molecule has 0 aliphatic carbocycles. The molecule has 0 bridgehead atoms. The average molecular weight is 409 g/mol. The van der Waals surface area contributed by atoms with Crippen LogP contribution in [0.5, 0.6) is 0 Å². The number of hydrogen-bond acceptors (Lipinski definition) is 5. The van der Waals surface area contributed by atoms with Crippen LogP contribution in [0.15, 0.2) is 46.0 Å². The van der Waals surface area contributed by atoms with Gasteiger partial charge in [-0.2, -0.15) is 4.31 Å². The molecule has 8 heteroatoms. The first-order valence-corrected chi connectivity index (χ1v) is 11.4. The third-order valence-electron chi connectivity index (χ3n) is 4.09. The van der Waals surface area contributed by atoms with E-state index in [1.54, 1.807) is 12.1 Å². The maximum Gasteiger partial charge on any atom is 0.253 e. The number of carbonyl (C=O) groups excluding carboxylic acids is 1. The van der Waals surface area contributed by atoms with Gasteiger partial charge in [-0.1, -0.05) is 32.0 Å². The van der Waals surface area contributed by atoms with Gasteiger partial charge in [0.25, 0.3) is 15.9 Å². The molecule has 0 atom stereocenters. The number of hydrogen-bond donors (Lipinski definition) is 1. The topological polar surface area (TPSA) is 66.5 Å². The lowest BCUT2D eigenvalue weighted by molar-refractivity contribution is 0.0953. The van der Waals surface area contributed by atoms with Crippen molar-refractivity contribution in [2.24, 2.45) is 0 Å². The molecule has 3 rings (SSSR count). The van der Waals surface area contributed by atoms with E-state index >= 15 is 0 Å². The largest absolute Gasteiger partial charge is 0.347 e. The molecule has 138 valence electrons. The molecule has 1 N–H and O–H groups in total. The third-order valence-corrected chi connectivity index (χ3v) is 8.65. The molecule has 1 amide bonds. The fourth-order valence-electron chi connectivity index (χ4n) is 2.70. The van der Waals surface area contributed by atoms with E-state index in [0.29, 0.717) is 29.4 Å². The highest BCUT2D eigenvalue weighted by Gasteiger charge is 2.23. The second kappa shape index (κ2) is 7.87. The third kappa shape index (κ3) is 3.68. The van der Waals surface area contributed by atoms with E-state index in [2.05, 4.69) is 5.32 Å². The fourth-order valence-corrected chi connectivity index (χ4v) is 6.55. The van der Waals surface area contributed by atoms with Crippen molar-refractivity contribution in [2.75, 3.05) is 13.1 Å². The van der Waals surface area contributed by atoms with E-state index in [0.717, 1.165) is 15.0 Å². The van der Waals surface area contributed by atoms with Crippen LogP contribution in [0, 0.1) is 0 Å². The number of nitrogens with zero attached hydrogens (tertiary/aromatic N) is 1. The Kier molecular flexibility index (Phi) is 5.76. The summed E-state index contributed by atoms with van der Waals surface area (Å²) in [5.74, 6) is -0.149. The van der Waals surface area contributed by atoms with Crippen molar-refractivity contribution < 1.29 is 13.2 Å². The van der Waals surface area contributed by atoms with Crippen molar-refractivity contribution in [3.8, 4) is 0 Å². The second-order valence-corrected chi connectivity index (χ2v) is 9.88. The van der Waals surface area contributed by atoms with Crippen molar-refractivity contribution in [3.05, 3.63) is 52.2 Å². The van der Waals surface area contributed by atoms with Crippen LogP contribution in [0.1, 0.15) is 29.1 Å². The molecule has 3 aromatic rings. The summed E-state index contributed by atoms with van der Waals surface area (Å²) < 4.78 is 27.9. The SMILES string of the molecule is CCN(CC)S(=O)(=O)c1ccc(CNC(=O)c2csc3ccccc23)s1. The highest BCUT2D eigenvalue weighted by Crippen LogP contribution is 2.27. The molecule has 0 aliphatic heterocycles. The maximum absolute atomic E-state index is 12.5. The number of fused-ring (bicyclic) bond motifs is 1. The zero-order valence-corrected chi connectivity index (χ0v) is 17.0. The summed E-state index contributed by atoms with van der Waals surface area (Å²) in [5, 5.41) is 5.67. The molecule has 0 spiro atoms. The lowest BCUT2D eigenvalue weighted by Crippen LogP contribution is -2.29. The van der Waals surface area contributed by atoms with Crippen LogP contribution < -0.4 is 5.32 Å². The van der Waals surface area contributed by atoms with E-state index in [9.17, 15) is 13.2 Å². The predicted octanol–water partition coefficient (Wildman–Crippen LogP) is 3.92. The number of benzene rings is 1. The number of amides is 1. The first-order valence-electron chi connectivity index (χ1n) is 8.30. The molecule has 5 nitrogen and oxygen atoms in total. The average Bonchev–Trinajstić information content (AvgIpc) is 3.28. The van der Waals surface area contributed by atoms with Crippen molar-refractivity contribution in [1.82, 2.24) is 9.62 Å². The Bertz CT molecular complexity index is 1020. The number of sulfonamides is 1. The molecule has 0 saturated carbocycles. The van der Waals surface area contributed by atoms with Crippen LogP contribution in [0.2, 0.25) is 0 Å². The van der Waals surface area contributed by atoms with Crippen molar-refractivity contribution in [2.45, 2.75) is 24.6 Å². The summed E-state index contributed by atoms with van der Waals surface area (Å²) in [6.45, 7) is 4.82. The molecule has 26 heavy (non-hydrogen) atoms. The number of rotatable bonds is 7.